The van der Waals surface area contributed by atoms with Gasteiger partial charge >= 0.3 is 0 Å². The quantitative estimate of drug-likeness (QED) is 0.666. The highest BCUT2D eigenvalue weighted by Crippen LogP contribution is 2.36. The van der Waals surface area contributed by atoms with Crippen molar-refractivity contribution in [3.05, 3.63) is 77.0 Å². The van der Waals surface area contributed by atoms with E-state index in [1.54, 1.807) is 4.90 Å². The van der Waals surface area contributed by atoms with Gasteiger partial charge in [0.2, 0.25) is 0 Å². The molecular formula is C21H20N2O. The van der Waals surface area contributed by atoms with Crippen LogP contribution in [0, 0.1) is 6.92 Å². The second-order valence-electron chi connectivity index (χ2n) is 6.47. The Hall–Kier alpha value is -2.81. The number of carbonyl (C=O) groups is 1. The summed E-state index contributed by atoms with van der Waals surface area (Å²) in [6, 6.07) is 16.8. The van der Waals surface area contributed by atoms with E-state index in [2.05, 4.69) is 49.4 Å². The van der Waals surface area contributed by atoms with Crippen LogP contribution in [0.4, 0.5) is 0 Å². The molecule has 3 aromatic rings. The Morgan fingerprint density at radius 3 is 2.42 bits per heavy atom. The van der Waals surface area contributed by atoms with Gasteiger partial charge in [-0.1, -0.05) is 54.1 Å². The lowest BCUT2D eigenvalue weighted by molar-refractivity contribution is 0.0803. The fourth-order valence-corrected chi connectivity index (χ4v) is 3.51. The molecule has 2 aromatic carbocycles. The highest BCUT2D eigenvalue weighted by molar-refractivity contribution is 6.10. The number of benzene rings is 2. The Morgan fingerprint density at radius 1 is 0.958 bits per heavy atom. The smallest absolute Gasteiger partial charge is 0.271 e. The second kappa shape index (κ2) is 5.38. The van der Waals surface area contributed by atoms with Crippen molar-refractivity contribution in [2.45, 2.75) is 6.92 Å². The molecule has 0 radical (unpaired) electrons. The molecule has 4 rings (SSSR count). The lowest BCUT2D eigenvalue weighted by Gasteiger charge is -2.14. The average Bonchev–Trinajstić information content (AvgIpc) is 2.81. The van der Waals surface area contributed by atoms with Gasteiger partial charge in [-0.3, -0.25) is 4.79 Å². The number of fused-ring (bicyclic) bond motifs is 3. The van der Waals surface area contributed by atoms with Crippen molar-refractivity contribution in [1.82, 2.24) is 9.47 Å². The summed E-state index contributed by atoms with van der Waals surface area (Å²) in [4.78, 5) is 14.7. The SMILES string of the molecule is Cc1ccc(C2=CCN(C)C(=O)c3c2c2ccccc2n3C)cc1. The molecule has 0 saturated heterocycles. The van der Waals surface area contributed by atoms with E-state index in [-0.39, 0.29) is 5.91 Å². The summed E-state index contributed by atoms with van der Waals surface area (Å²) < 4.78 is 2.02. The Kier molecular flexibility index (Phi) is 3.31. The molecule has 0 aliphatic carbocycles. The van der Waals surface area contributed by atoms with Crippen molar-refractivity contribution < 1.29 is 4.79 Å². The molecule has 120 valence electrons. The fourth-order valence-electron chi connectivity index (χ4n) is 3.51. The molecule has 3 nitrogen and oxygen atoms in total. The number of rotatable bonds is 1. The zero-order valence-electron chi connectivity index (χ0n) is 14.2. The van der Waals surface area contributed by atoms with Crippen LogP contribution in [0.15, 0.2) is 54.6 Å². The van der Waals surface area contributed by atoms with Crippen LogP contribution in [-0.2, 0) is 7.05 Å². The molecular weight excluding hydrogens is 296 g/mol. The van der Waals surface area contributed by atoms with Crippen LogP contribution >= 0.6 is 0 Å². The number of likely N-dealkylation sites (N-methyl/N-ethyl adjacent to an activating group) is 1. The molecule has 0 unspecified atom stereocenters. The van der Waals surface area contributed by atoms with Gasteiger partial charge in [-0.15, -0.1) is 0 Å². The monoisotopic (exact) mass is 316 g/mol. The largest absolute Gasteiger partial charge is 0.339 e. The number of para-hydroxylation sites is 1. The van der Waals surface area contributed by atoms with Crippen LogP contribution in [0.2, 0.25) is 0 Å². The van der Waals surface area contributed by atoms with E-state index in [0.717, 1.165) is 33.3 Å². The zero-order valence-corrected chi connectivity index (χ0v) is 14.2. The topological polar surface area (TPSA) is 25.2 Å². The predicted octanol–water partition coefficient (Wildman–Crippen LogP) is 4.00. The van der Waals surface area contributed by atoms with Gasteiger partial charge in [0, 0.05) is 37.1 Å². The third-order valence-corrected chi connectivity index (χ3v) is 4.86. The standard InChI is InChI=1S/C21H20N2O/c1-14-8-10-15(11-9-14)16-12-13-22(2)21(24)20-19(16)17-6-4-5-7-18(17)23(20)3/h4-12H,13H2,1-3H3. The zero-order chi connectivity index (χ0) is 16.8. The summed E-state index contributed by atoms with van der Waals surface area (Å²) in [5.74, 6) is 0.0714. The number of hydrogen-bond acceptors (Lipinski definition) is 1. The molecule has 3 heteroatoms. The number of hydrogen-bond donors (Lipinski definition) is 0. The number of amides is 1. The van der Waals surface area contributed by atoms with E-state index >= 15 is 0 Å². The third kappa shape index (κ3) is 2.08. The van der Waals surface area contributed by atoms with E-state index in [0.29, 0.717) is 6.54 Å². The first kappa shape index (κ1) is 14.8. The Morgan fingerprint density at radius 2 is 1.67 bits per heavy atom. The fraction of sp³-hybridized carbons (Fsp3) is 0.190. The Balaban J connectivity index is 2.07. The normalized spacial score (nSPS) is 14.5. The van der Waals surface area contributed by atoms with Crippen LogP contribution in [-0.4, -0.2) is 29.0 Å². The highest BCUT2D eigenvalue weighted by atomic mass is 16.2. The maximum atomic E-state index is 12.9. The minimum absolute atomic E-state index is 0.0714. The van der Waals surface area contributed by atoms with Crippen molar-refractivity contribution in [2.24, 2.45) is 7.05 Å². The van der Waals surface area contributed by atoms with E-state index in [1.807, 2.05) is 30.8 Å². The van der Waals surface area contributed by atoms with E-state index in [1.165, 1.54) is 5.56 Å². The molecule has 24 heavy (non-hydrogen) atoms. The van der Waals surface area contributed by atoms with Gasteiger partial charge in [-0.2, -0.15) is 0 Å². The van der Waals surface area contributed by atoms with Crippen LogP contribution < -0.4 is 0 Å². The number of carbonyl (C=O) groups excluding carboxylic acids is 1. The van der Waals surface area contributed by atoms with Gasteiger partial charge in [0.15, 0.2) is 0 Å². The first-order chi connectivity index (χ1) is 11.6. The molecule has 2 heterocycles. The molecule has 1 aromatic heterocycles. The predicted molar refractivity (Wildman–Crippen MR) is 98.1 cm³/mol. The molecule has 0 N–H and O–H groups in total. The summed E-state index contributed by atoms with van der Waals surface area (Å²) in [5.41, 5.74) is 6.43. The van der Waals surface area contributed by atoms with Crippen molar-refractivity contribution in [1.29, 1.82) is 0 Å². The summed E-state index contributed by atoms with van der Waals surface area (Å²) in [5, 5.41) is 1.13. The molecule has 0 bridgehead atoms. The van der Waals surface area contributed by atoms with Crippen LogP contribution in [0.1, 0.15) is 27.2 Å². The maximum absolute atomic E-state index is 12.9. The van der Waals surface area contributed by atoms with Crippen LogP contribution in [0.5, 0.6) is 0 Å². The average molecular weight is 316 g/mol. The molecule has 0 fully saturated rings. The van der Waals surface area contributed by atoms with E-state index < -0.39 is 0 Å². The Labute approximate surface area is 141 Å². The molecule has 0 saturated carbocycles. The van der Waals surface area contributed by atoms with Gasteiger partial charge in [-0.05, 0) is 24.1 Å². The molecule has 1 aliphatic heterocycles. The van der Waals surface area contributed by atoms with Crippen molar-refractivity contribution in [3.8, 4) is 0 Å². The van der Waals surface area contributed by atoms with E-state index in [4.69, 9.17) is 0 Å². The first-order valence-corrected chi connectivity index (χ1v) is 8.18. The number of aromatic nitrogens is 1. The minimum Gasteiger partial charge on any atom is -0.339 e. The highest BCUT2D eigenvalue weighted by Gasteiger charge is 2.28. The van der Waals surface area contributed by atoms with Gasteiger partial charge in [0.1, 0.15) is 5.69 Å². The molecule has 0 spiro atoms. The summed E-state index contributed by atoms with van der Waals surface area (Å²) >= 11 is 0. The third-order valence-electron chi connectivity index (χ3n) is 4.86. The second-order valence-corrected chi connectivity index (χ2v) is 6.47. The first-order valence-electron chi connectivity index (χ1n) is 8.18. The lowest BCUT2D eigenvalue weighted by Crippen LogP contribution is -2.27. The number of aryl methyl sites for hydroxylation is 2. The maximum Gasteiger partial charge on any atom is 0.271 e. The summed E-state index contributed by atoms with van der Waals surface area (Å²) in [6.07, 6.45) is 2.17. The summed E-state index contributed by atoms with van der Waals surface area (Å²) in [6.45, 7) is 2.71. The van der Waals surface area contributed by atoms with Gasteiger partial charge in [0.05, 0.1) is 0 Å². The van der Waals surface area contributed by atoms with Crippen LogP contribution in [0.3, 0.4) is 0 Å². The van der Waals surface area contributed by atoms with Crippen molar-refractivity contribution in [3.63, 3.8) is 0 Å². The van der Waals surface area contributed by atoms with Gasteiger partial charge in [-0.25, -0.2) is 0 Å². The van der Waals surface area contributed by atoms with Crippen molar-refractivity contribution in [2.75, 3.05) is 13.6 Å². The van der Waals surface area contributed by atoms with Crippen LogP contribution in [0.25, 0.3) is 16.5 Å². The molecule has 1 amide bonds. The molecule has 1 aliphatic rings. The molecule has 0 atom stereocenters. The van der Waals surface area contributed by atoms with Gasteiger partial charge in [0.25, 0.3) is 5.91 Å². The van der Waals surface area contributed by atoms with Crippen molar-refractivity contribution >= 4 is 22.4 Å². The van der Waals surface area contributed by atoms with Gasteiger partial charge < -0.3 is 9.47 Å². The minimum atomic E-state index is 0.0714. The Bertz CT molecular complexity index is 977. The summed E-state index contributed by atoms with van der Waals surface area (Å²) in [7, 11) is 3.84. The van der Waals surface area contributed by atoms with E-state index in [9.17, 15) is 4.79 Å². The number of nitrogens with zero attached hydrogens (tertiary/aromatic N) is 2. The lowest BCUT2D eigenvalue weighted by atomic mass is 9.94.